The molecule has 0 radical (unpaired) electrons. The molecule has 3 N–H and O–H groups in total. The Balaban J connectivity index is 1.42. The van der Waals surface area contributed by atoms with E-state index in [1.54, 1.807) is 17.0 Å². The van der Waals surface area contributed by atoms with E-state index in [4.69, 9.17) is 4.42 Å². The molecule has 242 valence electrons. The third kappa shape index (κ3) is 8.05. The highest BCUT2D eigenvalue weighted by molar-refractivity contribution is 6.01. The predicted octanol–water partition coefficient (Wildman–Crippen LogP) is 5.86. The van der Waals surface area contributed by atoms with Gasteiger partial charge in [0.05, 0.1) is 18.3 Å². The van der Waals surface area contributed by atoms with Gasteiger partial charge in [0.15, 0.2) is 0 Å². The molecule has 8 nitrogen and oxygen atoms in total. The van der Waals surface area contributed by atoms with Gasteiger partial charge in [-0.05, 0) is 73.6 Å². The Morgan fingerprint density at radius 1 is 0.978 bits per heavy atom. The van der Waals surface area contributed by atoms with Crippen LogP contribution in [-0.4, -0.2) is 58.6 Å². The van der Waals surface area contributed by atoms with Crippen LogP contribution < -0.4 is 10.6 Å². The first-order valence-electron chi connectivity index (χ1n) is 15.8. The molecule has 2 amide bonds. The first-order valence-corrected chi connectivity index (χ1v) is 15.8. The Morgan fingerprint density at radius 3 is 2.26 bits per heavy atom. The molecule has 1 fully saturated rings. The number of carbonyl (C=O) groups is 2. The third-order valence-electron chi connectivity index (χ3n) is 8.28. The minimum absolute atomic E-state index is 0.0341. The highest BCUT2D eigenvalue weighted by Gasteiger charge is 2.44. The Bertz CT molecular complexity index is 1600. The van der Waals surface area contributed by atoms with Gasteiger partial charge in [-0.25, -0.2) is 13.8 Å². The molecule has 1 saturated carbocycles. The number of hydrogen-bond acceptors (Lipinski definition) is 6. The van der Waals surface area contributed by atoms with Crippen molar-refractivity contribution in [1.82, 2.24) is 20.5 Å². The Morgan fingerprint density at radius 2 is 1.65 bits per heavy atom. The summed E-state index contributed by atoms with van der Waals surface area (Å²) in [6, 6.07) is 16.9. The van der Waals surface area contributed by atoms with E-state index in [-0.39, 0.29) is 41.4 Å². The zero-order valence-corrected chi connectivity index (χ0v) is 26.1. The zero-order valence-electron chi connectivity index (χ0n) is 26.1. The van der Waals surface area contributed by atoms with Gasteiger partial charge in [-0.2, -0.15) is 0 Å². The number of benzene rings is 3. The number of halogens is 2. The van der Waals surface area contributed by atoms with Gasteiger partial charge in [-0.3, -0.25) is 9.59 Å². The van der Waals surface area contributed by atoms with Crippen molar-refractivity contribution < 1.29 is 27.9 Å². The van der Waals surface area contributed by atoms with Crippen molar-refractivity contribution in [2.45, 2.75) is 63.6 Å². The van der Waals surface area contributed by atoms with Crippen LogP contribution in [0.15, 0.2) is 83.6 Å². The van der Waals surface area contributed by atoms with Crippen LogP contribution in [0.1, 0.15) is 71.4 Å². The standard InChI is InChI=1S/C36H40F2N4O4/c1-3-13-42(14-4-2)35(45)27-20-25(19-26(21-27)34-39-12-15-46-34)33(44)41-31(18-24-16-29(37)22-30(38)17-24)32(43)23-40-36(10-11-36)28-8-6-5-7-9-28/h5-9,12,15-17,19-22,31-32,40,43H,3-4,10-11,13-14,18,23H2,1-2H3,(H,41,44). The smallest absolute Gasteiger partial charge is 0.253 e. The van der Waals surface area contributed by atoms with Gasteiger partial charge in [0.2, 0.25) is 5.89 Å². The number of carbonyl (C=O) groups excluding carboxylic acids is 2. The number of nitrogens with one attached hydrogen (secondary N) is 2. The van der Waals surface area contributed by atoms with Crippen LogP contribution in [-0.2, 0) is 12.0 Å². The Hall–Kier alpha value is -4.41. The van der Waals surface area contributed by atoms with Crippen LogP contribution in [0, 0.1) is 11.6 Å². The van der Waals surface area contributed by atoms with E-state index in [9.17, 15) is 23.5 Å². The molecular formula is C36H40F2N4O4. The summed E-state index contributed by atoms with van der Waals surface area (Å²) in [5.74, 6) is -2.05. The van der Waals surface area contributed by atoms with E-state index < -0.39 is 29.7 Å². The topological polar surface area (TPSA) is 108 Å². The van der Waals surface area contributed by atoms with E-state index in [2.05, 4.69) is 15.6 Å². The molecule has 0 saturated heterocycles. The number of hydrogen-bond donors (Lipinski definition) is 3. The summed E-state index contributed by atoms with van der Waals surface area (Å²) in [4.78, 5) is 33.4. The monoisotopic (exact) mass is 630 g/mol. The van der Waals surface area contributed by atoms with Crippen LogP contribution in [0.5, 0.6) is 0 Å². The molecule has 10 heteroatoms. The summed E-state index contributed by atoms with van der Waals surface area (Å²) < 4.78 is 33.7. The van der Waals surface area contributed by atoms with Crippen LogP contribution >= 0.6 is 0 Å². The van der Waals surface area contributed by atoms with Gasteiger partial charge in [-0.15, -0.1) is 0 Å². The van der Waals surface area contributed by atoms with Crippen LogP contribution in [0.25, 0.3) is 11.5 Å². The zero-order chi connectivity index (χ0) is 32.7. The van der Waals surface area contributed by atoms with Crippen molar-refractivity contribution in [3.63, 3.8) is 0 Å². The second kappa shape index (κ2) is 14.8. The molecule has 4 aromatic rings. The van der Waals surface area contributed by atoms with Crippen LogP contribution in [0.4, 0.5) is 8.78 Å². The van der Waals surface area contributed by atoms with Crippen LogP contribution in [0.3, 0.4) is 0 Å². The molecule has 0 bridgehead atoms. The predicted molar refractivity (Wildman–Crippen MR) is 171 cm³/mol. The lowest BCUT2D eigenvalue weighted by atomic mass is 9.98. The molecule has 0 aliphatic heterocycles. The number of aliphatic hydroxyl groups is 1. The number of aromatic nitrogens is 1. The molecular weight excluding hydrogens is 590 g/mol. The van der Waals surface area contributed by atoms with E-state index >= 15 is 0 Å². The molecule has 2 unspecified atom stereocenters. The van der Waals surface area contributed by atoms with Gasteiger partial charge in [0, 0.05) is 47.9 Å². The van der Waals surface area contributed by atoms with Gasteiger partial charge < -0.3 is 25.1 Å². The van der Waals surface area contributed by atoms with Crippen molar-refractivity contribution >= 4 is 11.8 Å². The first kappa shape index (κ1) is 33.0. The number of nitrogens with zero attached hydrogens (tertiary/aromatic N) is 2. The molecule has 1 heterocycles. The third-order valence-corrected chi connectivity index (χ3v) is 8.28. The normalized spacial score (nSPS) is 14.8. The lowest BCUT2D eigenvalue weighted by Gasteiger charge is -2.27. The average molecular weight is 631 g/mol. The summed E-state index contributed by atoms with van der Waals surface area (Å²) in [6.45, 7) is 5.24. The van der Waals surface area contributed by atoms with Gasteiger partial charge in [0.25, 0.3) is 11.8 Å². The van der Waals surface area contributed by atoms with Crippen molar-refractivity contribution in [1.29, 1.82) is 0 Å². The molecule has 1 aliphatic rings. The Kier molecular flexibility index (Phi) is 10.6. The summed E-state index contributed by atoms with van der Waals surface area (Å²) in [5, 5.41) is 17.8. The largest absolute Gasteiger partial charge is 0.445 e. The maximum absolute atomic E-state index is 14.1. The molecule has 0 spiro atoms. The highest BCUT2D eigenvalue weighted by Crippen LogP contribution is 2.45. The molecule has 3 aromatic carbocycles. The van der Waals surface area contributed by atoms with E-state index in [1.807, 2.05) is 44.2 Å². The molecule has 1 aliphatic carbocycles. The summed E-state index contributed by atoms with van der Waals surface area (Å²) >= 11 is 0. The van der Waals surface area contributed by atoms with Crippen molar-refractivity contribution in [2.75, 3.05) is 19.6 Å². The van der Waals surface area contributed by atoms with E-state index in [0.29, 0.717) is 24.2 Å². The molecule has 46 heavy (non-hydrogen) atoms. The summed E-state index contributed by atoms with van der Waals surface area (Å²) in [6.07, 6.45) is 5.08. The fourth-order valence-electron chi connectivity index (χ4n) is 5.82. The number of rotatable bonds is 15. The second-order valence-corrected chi connectivity index (χ2v) is 11.9. The minimum Gasteiger partial charge on any atom is -0.445 e. The van der Waals surface area contributed by atoms with E-state index in [0.717, 1.165) is 37.3 Å². The maximum Gasteiger partial charge on any atom is 0.253 e. The van der Waals surface area contributed by atoms with Gasteiger partial charge >= 0.3 is 0 Å². The maximum atomic E-state index is 14.1. The fraction of sp³-hybridized carbons (Fsp3) is 0.361. The van der Waals surface area contributed by atoms with Gasteiger partial charge in [0.1, 0.15) is 17.9 Å². The first-order chi connectivity index (χ1) is 22.2. The number of aliphatic hydroxyl groups excluding tert-OH is 1. The second-order valence-electron chi connectivity index (χ2n) is 11.9. The SMILES string of the molecule is CCCN(CCC)C(=O)c1cc(C(=O)NC(Cc2cc(F)cc(F)c2)C(O)CNC2(c3ccccc3)CC2)cc(-c2ncco2)c1. The number of amides is 2. The Labute approximate surface area is 267 Å². The van der Waals surface area contributed by atoms with Crippen molar-refractivity contribution in [3.8, 4) is 11.5 Å². The highest BCUT2D eigenvalue weighted by atomic mass is 19.1. The van der Waals surface area contributed by atoms with Gasteiger partial charge in [-0.1, -0.05) is 44.2 Å². The number of oxazole rings is 1. The molecule has 1 aromatic heterocycles. The lowest BCUT2D eigenvalue weighted by molar-refractivity contribution is 0.0755. The van der Waals surface area contributed by atoms with Crippen molar-refractivity contribution in [3.05, 3.63) is 113 Å². The molecule has 2 atom stereocenters. The van der Waals surface area contributed by atoms with E-state index in [1.165, 1.54) is 30.7 Å². The fourth-order valence-corrected chi connectivity index (χ4v) is 5.82. The van der Waals surface area contributed by atoms with Crippen LogP contribution in [0.2, 0.25) is 0 Å². The minimum atomic E-state index is -1.11. The molecule has 5 rings (SSSR count). The lowest BCUT2D eigenvalue weighted by Crippen LogP contribution is -2.50. The average Bonchev–Trinajstić information content (AvgIpc) is 3.64. The quantitative estimate of drug-likeness (QED) is 0.152. The summed E-state index contributed by atoms with van der Waals surface area (Å²) in [7, 11) is 0. The summed E-state index contributed by atoms with van der Waals surface area (Å²) in [5.41, 5.74) is 2.02. The van der Waals surface area contributed by atoms with Crippen molar-refractivity contribution in [2.24, 2.45) is 0 Å².